The predicted molar refractivity (Wildman–Crippen MR) is 130 cm³/mol. The summed E-state index contributed by atoms with van der Waals surface area (Å²) in [6.45, 7) is 1.54. The third kappa shape index (κ3) is 5.31. The number of benzene rings is 2. The zero-order valence-corrected chi connectivity index (χ0v) is 19.0. The molecule has 0 saturated heterocycles. The number of esters is 1. The normalized spacial score (nSPS) is 10.3. The summed E-state index contributed by atoms with van der Waals surface area (Å²) in [5.74, 6) is 0.839. The van der Waals surface area contributed by atoms with Crippen molar-refractivity contribution >= 4 is 34.6 Å². The number of urea groups is 1. The lowest BCUT2D eigenvalue weighted by atomic mass is 10.1. The Morgan fingerprint density at radius 2 is 1.80 bits per heavy atom. The zero-order valence-electron chi connectivity index (χ0n) is 19.0. The highest BCUT2D eigenvalue weighted by Crippen LogP contribution is 2.33. The molecule has 2 amide bonds. The van der Waals surface area contributed by atoms with E-state index in [0.29, 0.717) is 33.8 Å². The highest BCUT2D eigenvalue weighted by Gasteiger charge is 2.17. The molecule has 0 aliphatic rings. The molecule has 10 heteroatoms. The van der Waals surface area contributed by atoms with Gasteiger partial charge in [-0.25, -0.2) is 9.31 Å². The number of nitrogens with zero attached hydrogens (tertiary/aromatic N) is 3. The van der Waals surface area contributed by atoms with E-state index in [-0.39, 0.29) is 6.54 Å². The van der Waals surface area contributed by atoms with E-state index in [4.69, 9.17) is 4.74 Å². The number of hydrogen-bond donors (Lipinski definition) is 3. The van der Waals surface area contributed by atoms with Crippen LogP contribution in [0, 0.1) is 18.3 Å². The number of anilines is 3. The maximum atomic E-state index is 12.2. The van der Waals surface area contributed by atoms with Crippen LogP contribution in [0.4, 0.5) is 21.9 Å². The number of fused-ring (bicyclic) bond motifs is 1. The Morgan fingerprint density at radius 3 is 2.49 bits per heavy atom. The number of aryl methyl sites for hydroxylation is 1. The van der Waals surface area contributed by atoms with Crippen LogP contribution in [0.25, 0.3) is 5.52 Å². The van der Waals surface area contributed by atoms with Gasteiger partial charge in [0.15, 0.2) is 0 Å². The van der Waals surface area contributed by atoms with Crippen molar-refractivity contribution in [1.82, 2.24) is 14.9 Å². The third-order valence-corrected chi connectivity index (χ3v) is 5.15. The van der Waals surface area contributed by atoms with Crippen LogP contribution in [0.15, 0.2) is 67.0 Å². The molecule has 0 atom stereocenters. The zero-order chi connectivity index (χ0) is 24.8. The lowest BCUT2D eigenvalue weighted by molar-refractivity contribution is -0.139. The molecule has 0 saturated carbocycles. The van der Waals surface area contributed by atoms with Gasteiger partial charge in [-0.2, -0.15) is 10.4 Å². The first kappa shape index (κ1) is 23.1. The number of rotatable bonds is 7. The molecule has 3 N–H and O–H groups in total. The predicted octanol–water partition coefficient (Wildman–Crippen LogP) is 4.34. The van der Waals surface area contributed by atoms with Crippen molar-refractivity contribution in [2.24, 2.45) is 0 Å². The van der Waals surface area contributed by atoms with E-state index < -0.39 is 12.0 Å². The van der Waals surface area contributed by atoms with E-state index in [1.807, 2.05) is 54.6 Å². The fourth-order valence-electron chi connectivity index (χ4n) is 3.39. The van der Waals surface area contributed by atoms with E-state index in [1.165, 1.54) is 13.3 Å². The Bertz CT molecular complexity index is 1410. The number of methoxy groups -OCH3 is 1. The Morgan fingerprint density at radius 1 is 1.09 bits per heavy atom. The molecule has 176 valence electrons. The number of hydrogen-bond acceptors (Lipinski definition) is 7. The van der Waals surface area contributed by atoms with Crippen LogP contribution in [0.5, 0.6) is 11.5 Å². The Kier molecular flexibility index (Phi) is 6.78. The van der Waals surface area contributed by atoms with Gasteiger partial charge < -0.3 is 25.4 Å². The van der Waals surface area contributed by atoms with Crippen LogP contribution in [0.1, 0.15) is 11.1 Å². The van der Waals surface area contributed by atoms with Crippen molar-refractivity contribution in [3.63, 3.8) is 0 Å². The largest absolute Gasteiger partial charge is 0.468 e. The number of ether oxygens (including phenoxy) is 2. The first-order valence-electron chi connectivity index (χ1n) is 10.6. The monoisotopic (exact) mass is 470 g/mol. The maximum Gasteiger partial charge on any atom is 0.325 e. The first-order chi connectivity index (χ1) is 17.0. The number of para-hydroxylation sites is 1. The van der Waals surface area contributed by atoms with Crippen molar-refractivity contribution < 1.29 is 19.1 Å². The molecule has 2 aromatic carbocycles. The Balaban J connectivity index is 1.58. The fraction of sp³-hybridized carbons (Fsp3) is 0.120. The van der Waals surface area contributed by atoms with Gasteiger partial charge in [0.05, 0.1) is 42.0 Å². The van der Waals surface area contributed by atoms with E-state index >= 15 is 0 Å². The summed E-state index contributed by atoms with van der Waals surface area (Å²) in [5.41, 5.74) is 3.40. The fourth-order valence-corrected chi connectivity index (χ4v) is 3.39. The van der Waals surface area contributed by atoms with E-state index in [0.717, 1.165) is 11.4 Å². The molecule has 0 radical (unpaired) electrons. The van der Waals surface area contributed by atoms with Crippen molar-refractivity contribution in [1.29, 1.82) is 5.26 Å². The van der Waals surface area contributed by atoms with Crippen LogP contribution in [0.3, 0.4) is 0 Å². The number of aromatic nitrogens is 2. The molecule has 4 aromatic rings. The number of carbonyl (C=O) groups excluding carboxylic acids is 2. The molecule has 4 rings (SSSR count). The van der Waals surface area contributed by atoms with Crippen LogP contribution in [0.2, 0.25) is 0 Å². The molecule has 35 heavy (non-hydrogen) atoms. The minimum atomic E-state index is -0.571. The van der Waals surface area contributed by atoms with Crippen LogP contribution < -0.4 is 20.7 Å². The second-order valence-corrected chi connectivity index (χ2v) is 7.45. The maximum absolute atomic E-state index is 12.2. The van der Waals surface area contributed by atoms with Crippen molar-refractivity contribution in [2.75, 3.05) is 24.3 Å². The average molecular weight is 470 g/mol. The van der Waals surface area contributed by atoms with Gasteiger partial charge in [0.1, 0.15) is 24.1 Å². The molecule has 0 aliphatic heterocycles. The van der Waals surface area contributed by atoms with Crippen LogP contribution >= 0.6 is 0 Å². The average Bonchev–Trinajstić information content (AvgIpc) is 3.19. The number of nitriles is 1. The molecular formula is C25H22N6O4. The summed E-state index contributed by atoms with van der Waals surface area (Å²) in [6, 6.07) is 18.4. The summed E-state index contributed by atoms with van der Waals surface area (Å²) in [4.78, 5) is 23.4. The second kappa shape index (κ2) is 10.3. The molecule has 0 aliphatic carbocycles. The van der Waals surface area contributed by atoms with Crippen LogP contribution in [-0.4, -0.2) is 35.3 Å². The van der Waals surface area contributed by atoms with Crippen molar-refractivity contribution in [3.05, 3.63) is 78.1 Å². The van der Waals surface area contributed by atoms with Gasteiger partial charge in [-0.1, -0.05) is 18.2 Å². The topological polar surface area (TPSA) is 130 Å². The minimum absolute atomic E-state index is 0.262. The van der Waals surface area contributed by atoms with Gasteiger partial charge in [0.2, 0.25) is 0 Å². The molecule has 0 unspecified atom stereocenters. The molecular weight excluding hydrogens is 448 g/mol. The summed E-state index contributed by atoms with van der Waals surface area (Å²) in [6.07, 6.45) is 3.08. The lowest BCUT2D eigenvalue weighted by Gasteiger charge is -2.12. The van der Waals surface area contributed by atoms with Crippen molar-refractivity contribution in [2.45, 2.75) is 6.92 Å². The van der Waals surface area contributed by atoms with Gasteiger partial charge in [0, 0.05) is 11.3 Å². The van der Waals surface area contributed by atoms with E-state index in [2.05, 4.69) is 31.9 Å². The SMILES string of the molecule is COC(=O)CNC(=O)Nc1cn2ncc(C#N)c(Nc3ccc(Oc4ccccc4)cc3)c2c1C. The van der Waals surface area contributed by atoms with Gasteiger partial charge >= 0.3 is 12.0 Å². The van der Waals surface area contributed by atoms with Gasteiger partial charge in [-0.15, -0.1) is 0 Å². The Labute approximate surface area is 201 Å². The highest BCUT2D eigenvalue weighted by molar-refractivity contribution is 5.95. The molecule has 0 bridgehead atoms. The molecule has 2 heterocycles. The quantitative estimate of drug-likeness (QED) is 0.343. The van der Waals surface area contributed by atoms with Gasteiger partial charge in [-0.3, -0.25) is 4.79 Å². The number of nitrogens with one attached hydrogen (secondary N) is 3. The summed E-state index contributed by atoms with van der Waals surface area (Å²) in [5, 5.41) is 22.3. The van der Waals surface area contributed by atoms with Crippen LogP contribution in [-0.2, 0) is 9.53 Å². The third-order valence-electron chi connectivity index (χ3n) is 5.15. The second-order valence-electron chi connectivity index (χ2n) is 7.45. The summed E-state index contributed by atoms with van der Waals surface area (Å²) in [7, 11) is 1.24. The summed E-state index contributed by atoms with van der Waals surface area (Å²) < 4.78 is 11.9. The molecule has 0 spiro atoms. The van der Waals surface area contributed by atoms with Gasteiger partial charge in [0.25, 0.3) is 0 Å². The Hall–Kier alpha value is -5.04. The number of amides is 2. The van der Waals surface area contributed by atoms with Crippen molar-refractivity contribution in [3.8, 4) is 17.6 Å². The van der Waals surface area contributed by atoms with E-state index in [1.54, 1.807) is 17.6 Å². The standard InChI is InChI=1S/C25H22N6O4/c1-16-21(30-25(33)27-14-22(32)34-2)15-31-24(16)23(17(12-26)13-28-31)29-18-8-10-20(11-9-18)35-19-6-4-3-5-7-19/h3-11,13,15,29H,14H2,1-2H3,(H2,27,30,33). The minimum Gasteiger partial charge on any atom is -0.468 e. The molecule has 10 nitrogen and oxygen atoms in total. The molecule has 2 aromatic heterocycles. The smallest absolute Gasteiger partial charge is 0.325 e. The first-order valence-corrected chi connectivity index (χ1v) is 10.6. The number of carbonyl (C=O) groups is 2. The lowest BCUT2D eigenvalue weighted by Crippen LogP contribution is -2.33. The van der Waals surface area contributed by atoms with E-state index in [9.17, 15) is 14.9 Å². The summed E-state index contributed by atoms with van der Waals surface area (Å²) >= 11 is 0. The highest BCUT2D eigenvalue weighted by atomic mass is 16.5. The molecule has 0 fully saturated rings. The van der Waals surface area contributed by atoms with Gasteiger partial charge in [-0.05, 0) is 43.3 Å².